The molecule has 1 amide bonds. The molecule has 1 saturated carbocycles. The zero-order chi connectivity index (χ0) is 12.0. The maximum atomic E-state index is 12.0. The van der Waals surface area contributed by atoms with Crippen molar-refractivity contribution < 1.29 is 4.79 Å². The van der Waals surface area contributed by atoms with Crippen LogP contribution in [0.15, 0.2) is 12.1 Å². The summed E-state index contributed by atoms with van der Waals surface area (Å²) in [6, 6.07) is 4.59. The number of amides is 1. The maximum absolute atomic E-state index is 12.0. The molecular formula is C14H18N2O. The van der Waals surface area contributed by atoms with Crippen LogP contribution in [0, 0.1) is 13.8 Å². The summed E-state index contributed by atoms with van der Waals surface area (Å²) in [6.07, 6.45) is 3.68. The first-order valence-corrected chi connectivity index (χ1v) is 6.33. The molecule has 0 spiro atoms. The summed E-state index contributed by atoms with van der Waals surface area (Å²) in [5.41, 5.74) is 4.54. The summed E-state index contributed by atoms with van der Waals surface area (Å²) in [5, 5.41) is 6.45. The van der Waals surface area contributed by atoms with E-state index in [1.165, 1.54) is 30.4 Å². The van der Waals surface area contributed by atoms with Crippen molar-refractivity contribution in [1.82, 2.24) is 5.32 Å². The highest BCUT2D eigenvalue weighted by Crippen LogP contribution is 2.36. The average molecular weight is 230 g/mol. The largest absolute Gasteiger partial charge is 0.324 e. The number of hydrogen-bond donors (Lipinski definition) is 2. The Bertz CT molecular complexity index is 477. The van der Waals surface area contributed by atoms with Crippen molar-refractivity contribution in [1.29, 1.82) is 0 Å². The van der Waals surface area contributed by atoms with Gasteiger partial charge in [0.15, 0.2) is 0 Å². The molecule has 0 aromatic heterocycles. The average Bonchev–Trinajstić information content (AvgIpc) is 2.48. The van der Waals surface area contributed by atoms with Gasteiger partial charge in [0.05, 0.1) is 0 Å². The van der Waals surface area contributed by atoms with Gasteiger partial charge in [-0.15, -0.1) is 0 Å². The van der Waals surface area contributed by atoms with Gasteiger partial charge >= 0.3 is 0 Å². The van der Waals surface area contributed by atoms with Crippen molar-refractivity contribution in [2.45, 2.75) is 45.2 Å². The maximum Gasteiger partial charge on any atom is 0.246 e. The van der Waals surface area contributed by atoms with Crippen LogP contribution in [0.3, 0.4) is 0 Å². The van der Waals surface area contributed by atoms with E-state index >= 15 is 0 Å². The molecule has 0 radical (unpaired) electrons. The van der Waals surface area contributed by atoms with Gasteiger partial charge in [0.1, 0.15) is 6.04 Å². The molecule has 1 atom stereocenters. The van der Waals surface area contributed by atoms with E-state index in [0.29, 0.717) is 6.04 Å². The lowest BCUT2D eigenvalue weighted by Gasteiger charge is -2.29. The summed E-state index contributed by atoms with van der Waals surface area (Å²) in [7, 11) is 0. The molecule has 1 aromatic rings. The molecule has 0 bridgehead atoms. The first-order chi connectivity index (χ1) is 8.15. The Hall–Kier alpha value is -1.35. The molecular weight excluding hydrogens is 212 g/mol. The predicted octanol–water partition coefficient (Wildman–Crippen LogP) is 2.44. The molecule has 3 heteroatoms. The van der Waals surface area contributed by atoms with Gasteiger partial charge in [-0.2, -0.15) is 0 Å². The molecule has 1 aromatic carbocycles. The van der Waals surface area contributed by atoms with Gasteiger partial charge in [0.2, 0.25) is 5.91 Å². The summed E-state index contributed by atoms with van der Waals surface area (Å²) in [5.74, 6) is 0.0978. The number of rotatable bonds is 2. The summed E-state index contributed by atoms with van der Waals surface area (Å²) in [4.78, 5) is 12.0. The van der Waals surface area contributed by atoms with E-state index in [1.807, 2.05) is 0 Å². The minimum Gasteiger partial charge on any atom is -0.324 e. The number of hydrogen-bond acceptors (Lipinski definition) is 2. The van der Waals surface area contributed by atoms with E-state index in [0.717, 1.165) is 11.3 Å². The van der Waals surface area contributed by atoms with Gasteiger partial charge in [0, 0.05) is 17.3 Å². The van der Waals surface area contributed by atoms with Crippen LogP contribution in [0.1, 0.15) is 42.0 Å². The van der Waals surface area contributed by atoms with Gasteiger partial charge in [-0.05, 0) is 43.9 Å². The Morgan fingerprint density at radius 1 is 1.29 bits per heavy atom. The summed E-state index contributed by atoms with van der Waals surface area (Å²) >= 11 is 0. The third-order valence-electron chi connectivity index (χ3n) is 3.85. The third-order valence-corrected chi connectivity index (χ3v) is 3.85. The number of fused-ring (bicyclic) bond motifs is 1. The van der Waals surface area contributed by atoms with E-state index in [9.17, 15) is 4.79 Å². The monoisotopic (exact) mass is 230 g/mol. The highest BCUT2D eigenvalue weighted by molar-refractivity contribution is 6.03. The fraction of sp³-hybridized carbons (Fsp3) is 0.500. The zero-order valence-electron chi connectivity index (χ0n) is 10.3. The Labute approximate surface area is 102 Å². The number of carbonyl (C=O) groups excluding carboxylic acids is 1. The molecule has 90 valence electrons. The zero-order valence-corrected chi connectivity index (χ0v) is 10.3. The van der Waals surface area contributed by atoms with Crippen molar-refractivity contribution in [2.75, 3.05) is 5.32 Å². The highest BCUT2D eigenvalue weighted by Gasteiger charge is 2.34. The van der Waals surface area contributed by atoms with E-state index < -0.39 is 0 Å². The van der Waals surface area contributed by atoms with Crippen LogP contribution in [0.25, 0.3) is 0 Å². The first kappa shape index (κ1) is 10.8. The molecule has 0 saturated heterocycles. The van der Waals surface area contributed by atoms with E-state index in [4.69, 9.17) is 0 Å². The minimum absolute atomic E-state index is 0.0978. The fourth-order valence-electron chi connectivity index (χ4n) is 2.77. The third kappa shape index (κ3) is 1.75. The second-order valence-electron chi connectivity index (χ2n) is 5.26. The molecule has 1 heterocycles. The van der Waals surface area contributed by atoms with Gasteiger partial charge in [-0.1, -0.05) is 12.5 Å². The number of benzene rings is 1. The van der Waals surface area contributed by atoms with Gasteiger partial charge in [0.25, 0.3) is 0 Å². The molecule has 2 aliphatic rings. The molecule has 3 nitrogen and oxygen atoms in total. The van der Waals surface area contributed by atoms with E-state index in [1.54, 1.807) is 0 Å². The van der Waals surface area contributed by atoms with Gasteiger partial charge in [-0.25, -0.2) is 0 Å². The van der Waals surface area contributed by atoms with Crippen LogP contribution in [0.4, 0.5) is 5.69 Å². The number of anilines is 1. The normalized spacial score (nSPS) is 23.2. The van der Waals surface area contributed by atoms with Crippen molar-refractivity contribution in [3.8, 4) is 0 Å². The Kier molecular flexibility index (Phi) is 2.44. The number of carbonyl (C=O) groups is 1. The Morgan fingerprint density at radius 3 is 2.71 bits per heavy atom. The van der Waals surface area contributed by atoms with Crippen molar-refractivity contribution in [3.63, 3.8) is 0 Å². The predicted molar refractivity (Wildman–Crippen MR) is 68.1 cm³/mol. The Balaban J connectivity index is 1.94. The molecule has 17 heavy (non-hydrogen) atoms. The van der Waals surface area contributed by atoms with Crippen LogP contribution in [0.5, 0.6) is 0 Å². The number of nitrogens with one attached hydrogen (secondary N) is 2. The summed E-state index contributed by atoms with van der Waals surface area (Å²) in [6.45, 7) is 4.15. The number of aryl methyl sites for hydroxylation is 2. The van der Waals surface area contributed by atoms with Crippen molar-refractivity contribution in [2.24, 2.45) is 0 Å². The fourth-order valence-corrected chi connectivity index (χ4v) is 2.77. The first-order valence-electron chi connectivity index (χ1n) is 6.33. The van der Waals surface area contributed by atoms with Crippen LogP contribution >= 0.6 is 0 Å². The second kappa shape index (κ2) is 3.84. The van der Waals surface area contributed by atoms with E-state index in [2.05, 4.69) is 36.6 Å². The second-order valence-corrected chi connectivity index (χ2v) is 5.26. The molecule has 3 rings (SSSR count). The van der Waals surface area contributed by atoms with Crippen molar-refractivity contribution in [3.05, 3.63) is 28.8 Å². The Morgan fingerprint density at radius 2 is 2.06 bits per heavy atom. The summed E-state index contributed by atoms with van der Waals surface area (Å²) < 4.78 is 0. The lowest BCUT2D eigenvalue weighted by atomic mass is 9.91. The molecule has 1 unspecified atom stereocenters. The molecule has 1 aliphatic carbocycles. The van der Waals surface area contributed by atoms with Crippen LogP contribution in [0.2, 0.25) is 0 Å². The minimum atomic E-state index is -0.143. The topological polar surface area (TPSA) is 41.1 Å². The quantitative estimate of drug-likeness (QED) is 0.819. The molecule has 1 aliphatic heterocycles. The van der Waals surface area contributed by atoms with Crippen LogP contribution in [-0.4, -0.2) is 11.9 Å². The van der Waals surface area contributed by atoms with Gasteiger partial charge in [-0.3, -0.25) is 10.1 Å². The molecule has 2 N–H and O–H groups in total. The molecule has 1 fully saturated rings. The lowest BCUT2D eigenvalue weighted by Crippen LogP contribution is -2.40. The lowest BCUT2D eigenvalue weighted by molar-refractivity contribution is -0.118. The van der Waals surface area contributed by atoms with Gasteiger partial charge < -0.3 is 5.32 Å². The SMILES string of the molecule is Cc1cc(C)c2c(c1)NC(=O)C2NC1CCC1. The van der Waals surface area contributed by atoms with Crippen LogP contribution < -0.4 is 10.6 Å². The smallest absolute Gasteiger partial charge is 0.246 e. The van der Waals surface area contributed by atoms with Crippen LogP contribution in [-0.2, 0) is 4.79 Å². The van der Waals surface area contributed by atoms with Crippen molar-refractivity contribution >= 4 is 11.6 Å². The van der Waals surface area contributed by atoms with E-state index in [-0.39, 0.29) is 11.9 Å². The highest BCUT2D eigenvalue weighted by atomic mass is 16.2. The standard InChI is InChI=1S/C14H18N2O/c1-8-6-9(2)12-11(7-8)16-14(17)13(12)15-10-4-3-5-10/h6-7,10,13,15H,3-5H2,1-2H3,(H,16,17).